The minimum atomic E-state index is 0.0359. The minimum Gasteiger partial charge on any atom is -0.356 e. The van der Waals surface area contributed by atoms with E-state index in [2.05, 4.69) is 57.0 Å². The lowest BCUT2D eigenvalue weighted by Crippen LogP contribution is -2.24. The van der Waals surface area contributed by atoms with Crippen LogP contribution in [0.2, 0.25) is 0 Å². The van der Waals surface area contributed by atoms with E-state index in [0.717, 1.165) is 31.5 Å². The normalized spacial score (nSPS) is 18.9. The second kappa shape index (κ2) is 15.0. The molecule has 1 saturated heterocycles. The van der Waals surface area contributed by atoms with E-state index in [1.54, 1.807) is 0 Å². The fraction of sp³-hybridized carbons (Fsp3) is 0.630. The monoisotopic (exact) mass is 412 g/mol. The summed E-state index contributed by atoms with van der Waals surface area (Å²) in [7, 11) is 2.08. The molecule has 0 aliphatic carbocycles. The van der Waals surface area contributed by atoms with Crippen LogP contribution in [0.3, 0.4) is 0 Å². The average Bonchev–Trinajstić information content (AvgIpc) is 3.14. The molecule has 30 heavy (non-hydrogen) atoms. The van der Waals surface area contributed by atoms with Crippen LogP contribution in [0.4, 0.5) is 0 Å². The van der Waals surface area contributed by atoms with Crippen molar-refractivity contribution in [3.63, 3.8) is 0 Å². The summed E-state index contributed by atoms with van der Waals surface area (Å²) in [5, 5.41) is 0. The molecule has 1 aromatic carbocycles. The summed E-state index contributed by atoms with van der Waals surface area (Å²) in [5.74, 6) is 1.22. The summed E-state index contributed by atoms with van der Waals surface area (Å²) in [4.78, 5) is 19.5. The minimum absolute atomic E-state index is 0.0359. The van der Waals surface area contributed by atoms with Crippen molar-refractivity contribution in [3.05, 3.63) is 47.7 Å². The lowest BCUT2D eigenvalue weighted by Gasteiger charge is -2.22. The predicted molar refractivity (Wildman–Crippen MR) is 131 cm³/mol. The first-order valence-electron chi connectivity index (χ1n) is 12.1. The highest BCUT2D eigenvalue weighted by molar-refractivity contribution is 5.99. The molecule has 1 aliphatic heterocycles. The number of allylic oxidation sites excluding steroid dienone is 2. The van der Waals surface area contributed by atoms with E-state index in [-0.39, 0.29) is 11.7 Å². The zero-order valence-corrected chi connectivity index (χ0v) is 20.3. The van der Waals surface area contributed by atoms with Crippen LogP contribution in [0.15, 0.2) is 47.1 Å². The van der Waals surface area contributed by atoms with Gasteiger partial charge in [-0.15, -0.1) is 0 Å². The third kappa shape index (κ3) is 8.45. The number of Topliss-reactive ketones (excluding diaryl/α,β-unsaturated/α-hetero) is 1. The van der Waals surface area contributed by atoms with Crippen LogP contribution in [-0.4, -0.2) is 23.6 Å². The number of rotatable bonds is 10. The number of benzene rings is 1. The maximum atomic E-state index is 12.5. The number of nitrogens with zero attached hydrogens (tertiary/aromatic N) is 2. The highest BCUT2D eigenvalue weighted by Gasteiger charge is 2.28. The van der Waals surface area contributed by atoms with Gasteiger partial charge in [0, 0.05) is 19.4 Å². The molecule has 0 bridgehead atoms. The molecule has 0 aromatic heterocycles. The zero-order valence-electron chi connectivity index (χ0n) is 20.3. The van der Waals surface area contributed by atoms with Crippen LogP contribution in [0.1, 0.15) is 104 Å². The van der Waals surface area contributed by atoms with Crippen molar-refractivity contribution >= 4 is 11.6 Å². The van der Waals surface area contributed by atoms with E-state index < -0.39 is 0 Å². The molecule has 1 fully saturated rings. The van der Waals surface area contributed by atoms with E-state index in [9.17, 15) is 4.79 Å². The molecule has 2 rings (SSSR count). The molecule has 1 heterocycles. The van der Waals surface area contributed by atoms with Crippen molar-refractivity contribution in [2.45, 2.75) is 98.4 Å². The van der Waals surface area contributed by atoms with Gasteiger partial charge in [-0.2, -0.15) is 0 Å². The molecular formula is C27H44N2O. The number of hydrogen-bond donors (Lipinski definition) is 0. The third-order valence-electron chi connectivity index (χ3n) is 5.87. The number of amidine groups is 1. The van der Waals surface area contributed by atoms with Gasteiger partial charge in [-0.05, 0) is 24.8 Å². The van der Waals surface area contributed by atoms with Crippen molar-refractivity contribution in [1.82, 2.24) is 4.90 Å². The van der Waals surface area contributed by atoms with Crippen LogP contribution < -0.4 is 0 Å². The second-order valence-corrected chi connectivity index (χ2v) is 8.34. The smallest absolute Gasteiger partial charge is 0.183 e. The van der Waals surface area contributed by atoms with Crippen LogP contribution >= 0.6 is 0 Å². The summed E-state index contributed by atoms with van der Waals surface area (Å²) in [6, 6.07) is 10.9. The molecule has 3 heteroatoms. The maximum Gasteiger partial charge on any atom is 0.183 e. The van der Waals surface area contributed by atoms with E-state index in [1.165, 1.54) is 37.7 Å². The van der Waals surface area contributed by atoms with E-state index in [1.807, 2.05) is 26.0 Å². The Kier molecular flexibility index (Phi) is 13.1. The first-order chi connectivity index (χ1) is 14.5. The quantitative estimate of drug-likeness (QED) is 0.291. The summed E-state index contributed by atoms with van der Waals surface area (Å²) >= 11 is 0. The fourth-order valence-electron chi connectivity index (χ4n) is 3.66. The Morgan fingerprint density at radius 1 is 1.10 bits per heavy atom. The third-order valence-corrected chi connectivity index (χ3v) is 5.87. The van der Waals surface area contributed by atoms with Crippen molar-refractivity contribution in [2.75, 3.05) is 7.05 Å². The maximum absolute atomic E-state index is 12.5. The van der Waals surface area contributed by atoms with Crippen molar-refractivity contribution in [2.24, 2.45) is 10.9 Å². The van der Waals surface area contributed by atoms with Gasteiger partial charge in [-0.1, -0.05) is 103 Å². The second-order valence-electron chi connectivity index (χ2n) is 8.34. The number of carbonyl (C=O) groups is 1. The van der Waals surface area contributed by atoms with Gasteiger partial charge in [-0.25, -0.2) is 4.99 Å². The number of likely N-dealkylation sites (tertiary alicyclic amines) is 1. The van der Waals surface area contributed by atoms with Gasteiger partial charge in [0.1, 0.15) is 11.5 Å². The molecule has 1 aromatic rings. The molecule has 0 spiro atoms. The standard InChI is InChI=1S/C20H28N2O.C7H16/c1-5-10-17(20(23)15(3)6-2)21-19-14-13-18(22(19)4)16-11-8-7-9-12-16;1-3-5-7-6-4-2/h7-12,15,18H,5-6,13-14H2,1-4H3;3-7H2,1-2H3/b17-10+,21-19?;. The van der Waals surface area contributed by atoms with Crippen LogP contribution in [-0.2, 0) is 4.79 Å². The average molecular weight is 413 g/mol. The van der Waals surface area contributed by atoms with E-state index in [0.29, 0.717) is 11.7 Å². The highest BCUT2D eigenvalue weighted by Crippen LogP contribution is 2.32. The first kappa shape index (κ1) is 26.1. The van der Waals surface area contributed by atoms with Crippen LogP contribution in [0.25, 0.3) is 0 Å². The molecule has 2 unspecified atom stereocenters. The molecule has 1 aliphatic rings. The van der Waals surface area contributed by atoms with Gasteiger partial charge in [0.25, 0.3) is 0 Å². The van der Waals surface area contributed by atoms with Crippen molar-refractivity contribution in [1.29, 1.82) is 0 Å². The van der Waals surface area contributed by atoms with Gasteiger partial charge < -0.3 is 4.90 Å². The molecule has 0 amide bonds. The lowest BCUT2D eigenvalue weighted by molar-refractivity contribution is -0.118. The lowest BCUT2D eigenvalue weighted by atomic mass is 10.0. The number of carbonyl (C=O) groups excluding carboxylic acids is 1. The zero-order chi connectivity index (χ0) is 22.4. The fourth-order valence-corrected chi connectivity index (χ4v) is 3.66. The van der Waals surface area contributed by atoms with E-state index >= 15 is 0 Å². The Morgan fingerprint density at radius 3 is 2.27 bits per heavy atom. The molecular weight excluding hydrogens is 368 g/mol. The summed E-state index contributed by atoms with van der Waals surface area (Å²) in [6.45, 7) is 10.6. The van der Waals surface area contributed by atoms with Gasteiger partial charge in [0.2, 0.25) is 0 Å². The van der Waals surface area contributed by atoms with E-state index in [4.69, 9.17) is 4.99 Å². The van der Waals surface area contributed by atoms with Crippen molar-refractivity contribution < 1.29 is 4.79 Å². The molecule has 0 saturated carbocycles. The summed E-state index contributed by atoms with van der Waals surface area (Å²) in [5.41, 5.74) is 1.95. The highest BCUT2D eigenvalue weighted by atomic mass is 16.1. The van der Waals surface area contributed by atoms with Crippen LogP contribution in [0, 0.1) is 5.92 Å². The van der Waals surface area contributed by atoms with Gasteiger partial charge >= 0.3 is 0 Å². The molecule has 0 radical (unpaired) electrons. The molecule has 168 valence electrons. The SMILES string of the molecule is CC/C=C(/N=C1CCC(c2ccccc2)N1C)C(=O)C(C)CC.CCCCCCC. The number of unbranched alkanes of at least 4 members (excludes halogenated alkanes) is 4. The summed E-state index contributed by atoms with van der Waals surface area (Å²) in [6.07, 6.45) is 12.6. The Labute approximate surface area is 185 Å². The predicted octanol–water partition coefficient (Wildman–Crippen LogP) is 7.74. The van der Waals surface area contributed by atoms with Gasteiger partial charge in [0.05, 0.1) is 6.04 Å². The molecule has 2 atom stereocenters. The number of ketones is 1. The largest absolute Gasteiger partial charge is 0.356 e. The first-order valence-corrected chi connectivity index (χ1v) is 12.1. The summed E-state index contributed by atoms with van der Waals surface area (Å²) < 4.78 is 0. The topological polar surface area (TPSA) is 32.7 Å². The van der Waals surface area contributed by atoms with Crippen LogP contribution in [0.5, 0.6) is 0 Å². The van der Waals surface area contributed by atoms with Gasteiger partial charge in [0.15, 0.2) is 5.78 Å². The van der Waals surface area contributed by atoms with Gasteiger partial charge in [-0.3, -0.25) is 4.79 Å². The number of hydrogen-bond acceptors (Lipinski definition) is 2. The molecule has 0 N–H and O–H groups in total. The Hall–Kier alpha value is -1.90. The Morgan fingerprint density at radius 2 is 1.73 bits per heavy atom. The number of aliphatic imine (C=N–C) groups is 1. The Balaban J connectivity index is 0.000000553. The van der Waals surface area contributed by atoms with Crippen molar-refractivity contribution in [3.8, 4) is 0 Å². The Bertz CT molecular complexity index is 659. The molecule has 3 nitrogen and oxygen atoms in total.